The highest BCUT2D eigenvalue weighted by atomic mass is 19.2. The van der Waals surface area contributed by atoms with Crippen molar-refractivity contribution in [1.29, 1.82) is 0 Å². The van der Waals surface area contributed by atoms with E-state index in [2.05, 4.69) is 26.6 Å². The van der Waals surface area contributed by atoms with E-state index in [0.29, 0.717) is 0 Å². The summed E-state index contributed by atoms with van der Waals surface area (Å²) in [7, 11) is 0. The highest BCUT2D eigenvalue weighted by Crippen LogP contribution is 2.64. The Labute approximate surface area is 597 Å². The van der Waals surface area contributed by atoms with Crippen molar-refractivity contribution < 1.29 is 110 Å². The highest BCUT2D eigenvalue weighted by molar-refractivity contribution is 5.98. The molecule has 3 fully saturated rings. The Morgan fingerprint density at radius 2 is 1.35 bits per heavy atom. The minimum absolute atomic E-state index is 0.0197. The molecular weight excluding hydrogens is 1360 g/mol. The van der Waals surface area contributed by atoms with E-state index < -0.39 is 210 Å². The van der Waals surface area contributed by atoms with Gasteiger partial charge in [-0.05, 0) is 111 Å². The van der Waals surface area contributed by atoms with Gasteiger partial charge < -0.3 is 76.7 Å². The number of benzene rings is 4. The third-order valence-electron chi connectivity index (χ3n) is 19.6. The molecule has 14 atom stereocenters. The monoisotopic (exact) mass is 1450 g/mol. The predicted octanol–water partition coefficient (Wildman–Crippen LogP) is 3.57. The SMILES string of the molecule is CC(=O)O[C@H]1C(=O)[C@@]2(C)[C@H]([C@H](OC(=O)c3ccccc3)[C@]3(O)C[C@H](OC(=O)[C@H](OC(=O)CCC(=O)NCCCCC(NC(=O)CC[C@H](NC(=O)C(C)NC(=O)/C=C/c4ccc(F)c(F)c4)C(N)=O)C(N)=O)[C@H](NC(=O)c4ccccc4)c4ccccc4)C(C)=C1C3(C)C)[C@]1(OC(C)=O)CO[C@@H]1C[C@@H]2O. The number of hydrogen-bond donors (Lipinski definition) is 9. The summed E-state index contributed by atoms with van der Waals surface area (Å²) in [5, 5.41) is 39.0. The number of rotatable bonds is 30. The Morgan fingerprint density at radius 3 is 1.94 bits per heavy atom. The van der Waals surface area contributed by atoms with Crippen molar-refractivity contribution in [3.8, 4) is 0 Å². The highest BCUT2D eigenvalue weighted by Gasteiger charge is 2.78. The molecule has 2 bridgehead atoms. The number of hydrogen-bond acceptors (Lipinski definition) is 21. The van der Waals surface area contributed by atoms with Gasteiger partial charge in [-0.3, -0.25) is 52.7 Å². The molecule has 2 saturated carbocycles. The van der Waals surface area contributed by atoms with E-state index in [1.807, 2.05) is 0 Å². The Bertz CT molecular complexity index is 4010. The van der Waals surface area contributed by atoms with Gasteiger partial charge in [0.2, 0.25) is 41.5 Å². The fourth-order valence-corrected chi connectivity index (χ4v) is 14.0. The molecule has 11 N–H and O–H groups in total. The van der Waals surface area contributed by atoms with E-state index >= 15 is 9.59 Å². The van der Waals surface area contributed by atoms with Crippen molar-refractivity contribution in [2.45, 2.75) is 178 Å². The molecule has 30 heteroatoms. The number of amides is 7. The maximum absolute atomic E-state index is 15.9. The lowest BCUT2D eigenvalue weighted by molar-refractivity contribution is -0.346. The number of nitrogens with two attached hydrogens (primary N) is 2. The summed E-state index contributed by atoms with van der Waals surface area (Å²) in [6.45, 7) is 8.74. The van der Waals surface area contributed by atoms with Gasteiger partial charge in [-0.15, -0.1) is 0 Å². The molecule has 4 aromatic rings. The van der Waals surface area contributed by atoms with E-state index in [1.54, 1.807) is 54.6 Å². The summed E-state index contributed by atoms with van der Waals surface area (Å²) in [4.78, 5) is 178. The topological polar surface area (TPSA) is 430 Å². The number of carbonyl (C=O) groups excluding carboxylic acids is 13. The second kappa shape index (κ2) is 33.7. The van der Waals surface area contributed by atoms with Crippen LogP contribution in [-0.4, -0.2) is 166 Å². The number of fused-ring (bicyclic) bond motifs is 5. The summed E-state index contributed by atoms with van der Waals surface area (Å²) in [6, 6.07) is 20.7. The molecule has 4 aliphatic rings. The van der Waals surface area contributed by atoms with E-state index in [-0.39, 0.29) is 72.0 Å². The molecule has 1 heterocycles. The van der Waals surface area contributed by atoms with Crippen LogP contribution in [0, 0.1) is 28.4 Å². The molecule has 0 radical (unpaired) electrons. The number of unbranched alkanes of at least 4 members (excludes halogenated alkanes) is 1. The molecule has 4 aromatic carbocycles. The summed E-state index contributed by atoms with van der Waals surface area (Å²) >= 11 is 0. The van der Waals surface area contributed by atoms with Crippen LogP contribution in [0.3, 0.4) is 0 Å². The van der Waals surface area contributed by atoms with Crippen LogP contribution in [0.5, 0.6) is 0 Å². The lowest BCUT2D eigenvalue weighted by atomic mass is 9.44. The van der Waals surface area contributed by atoms with E-state index in [0.717, 1.165) is 32.1 Å². The number of aliphatic hydroxyl groups excluding tert-OH is 1. The average molecular weight is 1450 g/mol. The average Bonchev–Trinajstić information content (AvgIpc) is 0.669. The first-order valence-electron chi connectivity index (χ1n) is 33.7. The molecule has 8 rings (SSSR count). The lowest BCUT2D eigenvalue weighted by Gasteiger charge is -2.67. The number of halogens is 2. The van der Waals surface area contributed by atoms with Crippen LogP contribution < -0.4 is 38.1 Å². The van der Waals surface area contributed by atoms with Crippen molar-refractivity contribution in [2.24, 2.45) is 28.2 Å². The van der Waals surface area contributed by atoms with E-state index in [4.69, 9.17) is 39.9 Å². The smallest absolute Gasteiger partial charge is 0.350 e. The van der Waals surface area contributed by atoms with Crippen LogP contribution in [0.25, 0.3) is 6.08 Å². The maximum Gasteiger partial charge on any atom is 0.350 e. The van der Waals surface area contributed by atoms with Crippen LogP contribution in [0.15, 0.2) is 126 Å². The zero-order valence-corrected chi connectivity index (χ0v) is 58.2. The largest absolute Gasteiger partial charge is 0.455 e. The molecule has 3 aliphatic carbocycles. The van der Waals surface area contributed by atoms with Gasteiger partial charge in [0, 0.05) is 63.1 Å². The van der Waals surface area contributed by atoms with Crippen LogP contribution in [0.1, 0.15) is 144 Å². The molecule has 104 heavy (non-hydrogen) atoms. The van der Waals surface area contributed by atoms with Gasteiger partial charge in [0.05, 0.1) is 36.0 Å². The summed E-state index contributed by atoms with van der Waals surface area (Å²) < 4.78 is 63.8. The van der Waals surface area contributed by atoms with Crippen molar-refractivity contribution in [3.63, 3.8) is 0 Å². The molecule has 28 nitrogen and oxygen atoms in total. The number of carbonyl (C=O) groups is 13. The standard InChI is InChI=1S/C74H85F2N7O21/c1-39-51(37-74(98)64(103-69(96)46-23-15-10-16-24-46)62-72(7,52(86)36-53-73(62,38-99-53)104-42(4)85)63(91)60(100-41(3)84)58(39)71(74,5)6)101-70(97)61(59(44-19-11-8-12-20-44)83-68(95)45-21-13-9-14-22-45)102-57(90)33-32-54(87)79-34-18-17-25-49(65(77)92)81-56(89)31-29-50(66(78)93)82-67(94)40(2)80-55(88)30-27-43-26-28-47(75)48(76)35-43/h8-16,19-24,26-28,30,35,40,49-53,59-62,64,86,98H,17-18,25,29,31-34,36-38H2,1-7H3,(H2,77,92)(H2,78,93)(H,79,87)(H,80,88)(H,81,89)(H,82,94)(H,83,95)/b30-27+/t40?,49?,50-,51-,52-,53+,59+,60+,61+,62-,64-,72+,73-,74+/m0/s1. The van der Waals surface area contributed by atoms with Crippen molar-refractivity contribution >= 4 is 83.1 Å². The molecule has 7 amide bonds. The Balaban J connectivity index is 0.977. The minimum Gasteiger partial charge on any atom is -0.455 e. The van der Waals surface area contributed by atoms with Gasteiger partial charge in [-0.2, -0.15) is 0 Å². The predicted molar refractivity (Wildman–Crippen MR) is 362 cm³/mol. The molecule has 1 aliphatic heterocycles. The first-order valence-corrected chi connectivity index (χ1v) is 33.7. The van der Waals surface area contributed by atoms with Gasteiger partial charge in [0.15, 0.2) is 29.1 Å². The Hall–Kier alpha value is -10.6. The van der Waals surface area contributed by atoms with Crippen molar-refractivity contribution in [1.82, 2.24) is 26.6 Å². The number of ketones is 1. The molecule has 1 saturated heterocycles. The summed E-state index contributed by atoms with van der Waals surface area (Å²) in [5.74, 6) is -16.1. The summed E-state index contributed by atoms with van der Waals surface area (Å²) in [5.41, 5.74) is 2.92. The number of Topliss-reactive ketones (excluding diaryl/α,β-unsaturated/α-hetero) is 1. The quantitative estimate of drug-likeness (QED) is 0.0118. The van der Waals surface area contributed by atoms with Gasteiger partial charge in [0.1, 0.15) is 48.1 Å². The zero-order chi connectivity index (χ0) is 76.2. The first-order chi connectivity index (χ1) is 49.1. The lowest BCUT2D eigenvalue weighted by Crippen LogP contribution is -2.82. The number of primary amides is 2. The van der Waals surface area contributed by atoms with Crippen molar-refractivity contribution in [2.75, 3.05) is 13.2 Å². The van der Waals surface area contributed by atoms with Crippen LogP contribution in [0.2, 0.25) is 0 Å². The Morgan fingerprint density at radius 1 is 0.721 bits per heavy atom. The molecule has 0 spiro atoms. The fourth-order valence-electron chi connectivity index (χ4n) is 14.0. The third kappa shape index (κ3) is 17.9. The number of aliphatic hydroxyl groups is 2. The molecular formula is C74H85F2N7O21. The Kier molecular flexibility index (Phi) is 25.6. The van der Waals surface area contributed by atoms with E-state index in [1.165, 1.54) is 83.2 Å². The summed E-state index contributed by atoms with van der Waals surface area (Å²) in [6.07, 6.45) is -11.1. The molecule has 556 valence electrons. The maximum atomic E-state index is 15.9. The third-order valence-corrected chi connectivity index (χ3v) is 19.6. The van der Waals surface area contributed by atoms with Crippen molar-refractivity contribution in [3.05, 3.63) is 160 Å². The van der Waals surface area contributed by atoms with Crippen LogP contribution in [0.4, 0.5) is 8.78 Å². The van der Waals surface area contributed by atoms with Crippen LogP contribution >= 0.6 is 0 Å². The number of esters is 5. The zero-order valence-electron chi connectivity index (χ0n) is 58.2. The molecule has 0 aromatic heterocycles. The van der Waals surface area contributed by atoms with Gasteiger partial charge in [-0.25, -0.2) is 18.4 Å². The number of ether oxygens (including phenoxy) is 6. The molecule has 2 unspecified atom stereocenters. The second-order valence-electron chi connectivity index (χ2n) is 26.9. The fraction of sp³-hybridized carbons (Fsp3) is 0.446. The van der Waals surface area contributed by atoms with Gasteiger partial charge in [-0.1, -0.05) is 86.6 Å². The first kappa shape index (κ1) is 79.1. The van der Waals surface area contributed by atoms with Gasteiger partial charge >= 0.3 is 29.8 Å². The van der Waals surface area contributed by atoms with Gasteiger partial charge in [0.25, 0.3) is 5.91 Å². The minimum atomic E-state index is -2.58. The number of nitrogens with one attached hydrogen (secondary N) is 5. The second-order valence-corrected chi connectivity index (χ2v) is 26.9. The van der Waals surface area contributed by atoms with E-state index in [9.17, 15) is 71.7 Å². The van der Waals surface area contributed by atoms with Crippen LogP contribution in [-0.2, 0) is 81.2 Å². The normalized spacial score (nSPS) is 24.4.